The Kier molecular flexibility index (Phi) is 6.11. The highest BCUT2D eigenvalue weighted by Gasteiger charge is 2.28. The van der Waals surface area contributed by atoms with Crippen LogP contribution in [0.4, 0.5) is 5.69 Å². The monoisotopic (exact) mass is 472 g/mol. The number of carbonyl (C=O) groups is 1. The van der Waals surface area contributed by atoms with Gasteiger partial charge in [0.05, 0.1) is 29.2 Å². The van der Waals surface area contributed by atoms with E-state index in [0.717, 1.165) is 29.4 Å². The number of anilines is 1. The Bertz CT molecular complexity index is 1530. The lowest BCUT2D eigenvalue weighted by molar-refractivity contribution is -0.121. The van der Waals surface area contributed by atoms with E-state index < -0.39 is 0 Å². The third-order valence-corrected chi connectivity index (χ3v) is 7.11. The molecule has 8 heteroatoms. The Morgan fingerprint density at radius 2 is 1.86 bits per heavy atom. The van der Waals surface area contributed by atoms with E-state index in [1.54, 1.807) is 38.6 Å². The molecule has 5 rings (SSSR count). The van der Waals surface area contributed by atoms with Crippen LogP contribution in [-0.4, -0.2) is 27.1 Å². The molecule has 35 heavy (non-hydrogen) atoms. The Balaban J connectivity index is 1.29. The van der Waals surface area contributed by atoms with Crippen molar-refractivity contribution in [2.75, 3.05) is 12.4 Å². The van der Waals surface area contributed by atoms with Crippen LogP contribution >= 0.6 is 0 Å². The van der Waals surface area contributed by atoms with E-state index >= 15 is 0 Å². The first kappa shape index (κ1) is 22.8. The molecule has 1 amide bonds. The molecule has 2 aromatic heterocycles. The number of aromatic nitrogens is 3. The second-order valence-electron chi connectivity index (χ2n) is 9.23. The van der Waals surface area contributed by atoms with Crippen molar-refractivity contribution in [3.05, 3.63) is 75.6 Å². The van der Waals surface area contributed by atoms with Gasteiger partial charge >= 0.3 is 5.69 Å². The number of ether oxygens (including phenoxy) is 1. The zero-order valence-corrected chi connectivity index (χ0v) is 19.9. The van der Waals surface area contributed by atoms with Crippen LogP contribution in [-0.2, 0) is 18.4 Å². The van der Waals surface area contributed by atoms with Gasteiger partial charge in [-0.3, -0.25) is 23.7 Å². The molecule has 0 atom stereocenters. The predicted molar refractivity (Wildman–Crippen MR) is 136 cm³/mol. The number of methoxy groups -OCH3 is 1. The van der Waals surface area contributed by atoms with Gasteiger partial charge in [0.25, 0.3) is 5.56 Å². The normalized spacial score (nSPS) is 18.0. The third-order valence-electron chi connectivity index (χ3n) is 7.11. The van der Waals surface area contributed by atoms with Crippen molar-refractivity contribution >= 4 is 33.4 Å². The van der Waals surface area contributed by atoms with E-state index in [9.17, 15) is 14.4 Å². The minimum Gasteiger partial charge on any atom is -0.497 e. The van der Waals surface area contributed by atoms with Gasteiger partial charge in [-0.15, -0.1) is 0 Å². The number of pyridine rings is 1. The molecule has 1 aliphatic rings. The number of fused-ring (bicyclic) bond motifs is 2. The summed E-state index contributed by atoms with van der Waals surface area (Å²) in [5.74, 6) is 0.623. The van der Waals surface area contributed by atoms with Gasteiger partial charge in [0.15, 0.2) is 0 Å². The van der Waals surface area contributed by atoms with Crippen LogP contribution in [0.3, 0.4) is 0 Å². The SMILES string of the molecule is COc1ccc2c(c1)c(=O)n(CC1CCC(C(=O)Nc3cccc4cccnc34)CC1)c(=O)n2C. The number of nitrogens with zero attached hydrogens (tertiary/aromatic N) is 3. The molecular formula is C27H28N4O4. The first-order valence-electron chi connectivity index (χ1n) is 11.9. The minimum atomic E-state index is -0.323. The summed E-state index contributed by atoms with van der Waals surface area (Å²) in [6.45, 7) is 0.347. The fraction of sp³-hybridized carbons (Fsp3) is 0.333. The highest BCUT2D eigenvalue weighted by Crippen LogP contribution is 2.31. The molecule has 8 nitrogen and oxygen atoms in total. The van der Waals surface area contributed by atoms with Gasteiger partial charge in [0.2, 0.25) is 5.91 Å². The Labute approximate surface area is 202 Å². The molecule has 1 aliphatic carbocycles. The number of hydrogen-bond acceptors (Lipinski definition) is 5. The molecule has 1 N–H and O–H groups in total. The van der Waals surface area contributed by atoms with Crippen LogP contribution in [0.25, 0.3) is 21.8 Å². The smallest absolute Gasteiger partial charge is 0.331 e. The Morgan fingerprint density at radius 1 is 1.09 bits per heavy atom. The molecular weight excluding hydrogens is 444 g/mol. The Morgan fingerprint density at radius 3 is 2.63 bits per heavy atom. The van der Waals surface area contributed by atoms with Crippen LogP contribution in [0.1, 0.15) is 25.7 Å². The summed E-state index contributed by atoms with van der Waals surface area (Å²) in [6.07, 6.45) is 4.70. The number of nitrogens with one attached hydrogen (secondary N) is 1. The van der Waals surface area contributed by atoms with Crippen LogP contribution in [0.15, 0.2) is 64.3 Å². The standard InChI is InChI=1S/C27H28N4O4/c1-30-23-13-12-20(35-2)15-21(23)26(33)31(27(30)34)16-17-8-10-19(11-9-17)25(32)29-22-7-3-5-18-6-4-14-28-24(18)22/h3-7,12-15,17,19H,8-11,16H2,1-2H3,(H,29,32). The Hall–Kier alpha value is -3.94. The van der Waals surface area contributed by atoms with Crippen molar-refractivity contribution < 1.29 is 9.53 Å². The number of benzene rings is 2. The molecule has 0 bridgehead atoms. The average molecular weight is 473 g/mol. The number of amides is 1. The van der Waals surface area contributed by atoms with Crippen molar-refractivity contribution in [1.82, 2.24) is 14.1 Å². The van der Waals surface area contributed by atoms with E-state index in [0.29, 0.717) is 36.0 Å². The molecule has 0 radical (unpaired) electrons. The van der Waals surface area contributed by atoms with Crippen LogP contribution in [0.5, 0.6) is 5.75 Å². The van der Waals surface area contributed by atoms with Crippen molar-refractivity contribution in [2.45, 2.75) is 32.2 Å². The maximum absolute atomic E-state index is 13.2. The van der Waals surface area contributed by atoms with Gasteiger partial charge in [0, 0.05) is 31.1 Å². The fourth-order valence-corrected chi connectivity index (χ4v) is 5.09. The van der Waals surface area contributed by atoms with E-state index in [1.807, 2.05) is 30.3 Å². The molecule has 2 aromatic carbocycles. The summed E-state index contributed by atoms with van der Waals surface area (Å²) in [7, 11) is 3.23. The van der Waals surface area contributed by atoms with Gasteiger partial charge in [-0.05, 0) is 61.9 Å². The quantitative estimate of drug-likeness (QED) is 0.478. The first-order valence-corrected chi connectivity index (χ1v) is 11.9. The molecule has 4 aromatic rings. The molecule has 1 fully saturated rings. The van der Waals surface area contributed by atoms with E-state index in [-0.39, 0.29) is 29.0 Å². The van der Waals surface area contributed by atoms with E-state index in [1.165, 1.54) is 9.13 Å². The maximum atomic E-state index is 13.2. The largest absolute Gasteiger partial charge is 0.497 e. The maximum Gasteiger partial charge on any atom is 0.331 e. The number of hydrogen-bond donors (Lipinski definition) is 1. The van der Waals surface area contributed by atoms with Crippen LogP contribution in [0, 0.1) is 11.8 Å². The summed E-state index contributed by atoms with van der Waals surface area (Å²) in [5, 5.41) is 4.50. The number of para-hydroxylation sites is 1. The molecule has 2 heterocycles. The first-order chi connectivity index (χ1) is 17.0. The van der Waals surface area contributed by atoms with Crippen molar-refractivity contribution in [3.8, 4) is 5.75 Å². The molecule has 1 saturated carbocycles. The zero-order valence-electron chi connectivity index (χ0n) is 19.9. The summed E-state index contributed by atoms with van der Waals surface area (Å²) in [4.78, 5) is 43.5. The second kappa shape index (κ2) is 9.37. The van der Waals surface area contributed by atoms with Crippen LogP contribution < -0.4 is 21.3 Å². The van der Waals surface area contributed by atoms with Gasteiger partial charge in [-0.25, -0.2) is 4.79 Å². The van der Waals surface area contributed by atoms with Crippen molar-refractivity contribution in [1.29, 1.82) is 0 Å². The summed E-state index contributed by atoms with van der Waals surface area (Å²) < 4.78 is 8.10. The number of rotatable bonds is 5. The summed E-state index contributed by atoms with van der Waals surface area (Å²) >= 11 is 0. The van der Waals surface area contributed by atoms with Crippen molar-refractivity contribution in [2.24, 2.45) is 18.9 Å². The topological polar surface area (TPSA) is 95.2 Å². The molecule has 0 unspecified atom stereocenters. The van der Waals surface area contributed by atoms with Gasteiger partial charge in [-0.1, -0.05) is 18.2 Å². The van der Waals surface area contributed by atoms with E-state index in [2.05, 4.69) is 10.3 Å². The highest BCUT2D eigenvalue weighted by molar-refractivity contribution is 6.01. The lowest BCUT2D eigenvalue weighted by Gasteiger charge is -2.28. The van der Waals surface area contributed by atoms with E-state index in [4.69, 9.17) is 4.74 Å². The van der Waals surface area contributed by atoms with Gasteiger partial charge in [0.1, 0.15) is 5.75 Å². The average Bonchev–Trinajstić information content (AvgIpc) is 2.90. The fourth-order valence-electron chi connectivity index (χ4n) is 5.09. The molecule has 0 aliphatic heterocycles. The number of carbonyl (C=O) groups excluding carboxylic acids is 1. The second-order valence-corrected chi connectivity index (χ2v) is 9.23. The summed E-state index contributed by atoms with van der Waals surface area (Å²) in [5.41, 5.74) is 1.46. The van der Waals surface area contributed by atoms with Gasteiger partial charge in [-0.2, -0.15) is 0 Å². The molecule has 0 saturated heterocycles. The lowest BCUT2D eigenvalue weighted by Crippen LogP contribution is -2.41. The number of aryl methyl sites for hydroxylation is 1. The van der Waals surface area contributed by atoms with Crippen LogP contribution in [0.2, 0.25) is 0 Å². The predicted octanol–water partition coefficient (Wildman–Crippen LogP) is 3.70. The summed E-state index contributed by atoms with van der Waals surface area (Å²) in [6, 6.07) is 14.7. The zero-order chi connectivity index (χ0) is 24.5. The van der Waals surface area contributed by atoms with Crippen molar-refractivity contribution in [3.63, 3.8) is 0 Å². The third kappa shape index (κ3) is 4.32. The highest BCUT2D eigenvalue weighted by atomic mass is 16.5. The molecule has 180 valence electrons. The minimum absolute atomic E-state index is 0.00696. The lowest BCUT2D eigenvalue weighted by atomic mass is 9.81. The molecule has 0 spiro atoms. The van der Waals surface area contributed by atoms with Gasteiger partial charge < -0.3 is 10.1 Å².